The van der Waals surface area contributed by atoms with Crippen LogP contribution in [0.1, 0.15) is 20.3 Å². The Bertz CT molecular complexity index is 465. The van der Waals surface area contributed by atoms with Crippen LogP contribution in [0.5, 0.6) is 0 Å². The Labute approximate surface area is 120 Å². The number of urea groups is 1. The summed E-state index contributed by atoms with van der Waals surface area (Å²) in [5, 5.41) is 11.5. The van der Waals surface area contributed by atoms with Crippen molar-refractivity contribution < 1.29 is 14.7 Å². The summed E-state index contributed by atoms with van der Waals surface area (Å²) in [6, 6.07) is 6.61. The molecule has 104 valence electrons. The van der Waals surface area contributed by atoms with E-state index < -0.39 is 5.97 Å². The smallest absolute Gasteiger partial charge is 0.322 e. The predicted molar refractivity (Wildman–Crippen MR) is 77.3 cm³/mol. The van der Waals surface area contributed by atoms with E-state index in [-0.39, 0.29) is 18.5 Å². The van der Waals surface area contributed by atoms with Gasteiger partial charge in [-0.2, -0.15) is 0 Å². The maximum atomic E-state index is 12.1. The highest BCUT2D eigenvalue weighted by Gasteiger charge is 2.21. The Hall–Kier alpha value is -1.56. The first-order chi connectivity index (χ1) is 8.95. The van der Waals surface area contributed by atoms with Gasteiger partial charge in [0.25, 0.3) is 0 Å². The maximum absolute atomic E-state index is 12.1. The Morgan fingerprint density at radius 3 is 2.58 bits per heavy atom. The fourth-order valence-corrected chi connectivity index (χ4v) is 2.15. The number of amides is 2. The van der Waals surface area contributed by atoms with Crippen molar-refractivity contribution in [3.05, 3.63) is 28.7 Å². The molecule has 1 atom stereocenters. The van der Waals surface area contributed by atoms with Crippen molar-refractivity contribution in [3.8, 4) is 0 Å². The van der Waals surface area contributed by atoms with Gasteiger partial charge >= 0.3 is 12.0 Å². The molecule has 2 N–H and O–H groups in total. The molecule has 0 heterocycles. The van der Waals surface area contributed by atoms with Gasteiger partial charge in [0.15, 0.2) is 0 Å². The predicted octanol–water partition coefficient (Wildman–Crippen LogP) is 3.17. The highest BCUT2D eigenvalue weighted by atomic mass is 79.9. The first-order valence-electron chi connectivity index (χ1n) is 5.99. The number of hydrogen-bond donors (Lipinski definition) is 2. The molecule has 0 saturated heterocycles. The van der Waals surface area contributed by atoms with E-state index in [0.717, 1.165) is 4.47 Å². The zero-order valence-corrected chi connectivity index (χ0v) is 12.5. The summed E-state index contributed by atoms with van der Waals surface area (Å²) in [5.41, 5.74) is 0.661. The highest BCUT2D eigenvalue weighted by Crippen LogP contribution is 2.21. The Morgan fingerprint density at radius 2 is 2.05 bits per heavy atom. The third kappa shape index (κ3) is 4.55. The number of anilines is 1. The van der Waals surface area contributed by atoms with E-state index in [4.69, 9.17) is 5.11 Å². The average Bonchev–Trinajstić information content (AvgIpc) is 2.32. The van der Waals surface area contributed by atoms with E-state index >= 15 is 0 Å². The Balaban J connectivity index is 2.74. The lowest BCUT2D eigenvalue weighted by Crippen LogP contribution is -2.42. The zero-order valence-electron chi connectivity index (χ0n) is 10.9. The summed E-state index contributed by atoms with van der Waals surface area (Å²) in [6.07, 6.45) is -0.0722. The van der Waals surface area contributed by atoms with Gasteiger partial charge in [-0.15, -0.1) is 0 Å². The lowest BCUT2D eigenvalue weighted by atomic mass is 10.2. The molecule has 2 amide bonds. The molecule has 1 aromatic carbocycles. The normalized spacial score (nSPS) is 11.7. The summed E-state index contributed by atoms with van der Waals surface area (Å²) in [4.78, 5) is 24.3. The number of carboxylic acids is 1. The van der Waals surface area contributed by atoms with Crippen molar-refractivity contribution >= 4 is 33.6 Å². The number of halogens is 1. The van der Waals surface area contributed by atoms with Crippen LogP contribution < -0.4 is 5.32 Å². The van der Waals surface area contributed by atoms with Gasteiger partial charge in [0.05, 0.1) is 12.1 Å². The van der Waals surface area contributed by atoms with Crippen LogP contribution in [-0.2, 0) is 4.79 Å². The molecule has 0 fully saturated rings. The third-order valence-electron chi connectivity index (χ3n) is 2.72. The molecule has 0 bridgehead atoms. The number of para-hydroxylation sites is 1. The molecule has 1 unspecified atom stereocenters. The molecule has 1 aromatic rings. The molecular formula is C13H17BrN2O3. The van der Waals surface area contributed by atoms with Crippen LogP contribution in [0, 0.1) is 0 Å². The first kappa shape index (κ1) is 15.5. The highest BCUT2D eigenvalue weighted by molar-refractivity contribution is 9.10. The summed E-state index contributed by atoms with van der Waals surface area (Å²) in [6.45, 7) is 3.99. The van der Waals surface area contributed by atoms with Gasteiger partial charge in [0, 0.05) is 17.1 Å². The van der Waals surface area contributed by atoms with Crippen molar-refractivity contribution in [3.63, 3.8) is 0 Å². The monoisotopic (exact) mass is 328 g/mol. The van der Waals surface area contributed by atoms with E-state index in [1.54, 1.807) is 13.0 Å². The van der Waals surface area contributed by atoms with Crippen LogP contribution in [0.4, 0.5) is 10.5 Å². The summed E-state index contributed by atoms with van der Waals surface area (Å²) >= 11 is 3.35. The molecule has 5 nitrogen and oxygen atoms in total. The van der Waals surface area contributed by atoms with Crippen molar-refractivity contribution in [2.45, 2.75) is 26.3 Å². The molecule has 0 aliphatic heterocycles. The fraction of sp³-hybridized carbons (Fsp3) is 0.385. The molecule has 0 aliphatic carbocycles. The van der Waals surface area contributed by atoms with Crippen LogP contribution in [0.15, 0.2) is 28.7 Å². The van der Waals surface area contributed by atoms with Crippen LogP contribution in [-0.4, -0.2) is 34.6 Å². The van der Waals surface area contributed by atoms with Crippen molar-refractivity contribution in [2.75, 3.05) is 11.9 Å². The van der Waals surface area contributed by atoms with Crippen molar-refractivity contribution in [2.24, 2.45) is 0 Å². The second kappa shape index (κ2) is 7.13. The van der Waals surface area contributed by atoms with Gasteiger partial charge in [-0.3, -0.25) is 4.79 Å². The number of benzene rings is 1. The van der Waals surface area contributed by atoms with E-state index in [0.29, 0.717) is 12.2 Å². The molecule has 19 heavy (non-hydrogen) atoms. The van der Waals surface area contributed by atoms with E-state index in [9.17, 15) is 9.59 Å². The van der Waals surface area contributed by atoms with Crippen molar-refractivity contribution in [1.82, 2.24) is 4.90 Å². The van der Waals surface area contributed by atoms with Crippen LogP contribution in [0.25, 0.3) is 0 Å². The van der Waals surface area contributed by atoms with E-state index in [1.807, 2.05) is 25.1 Å². The van der Waals surface area contributed by atoms with Crippen LogP contribution in [0.3, 0.4) is 0 Å². The second-order valence-corrected chi connectivity index (χ2v) is 5.00. The van der Waals surface area contributed by atoms with E-state index in [2.05, 4.69) is 21.2 Å². The molecule has 1 rings (SSSR count). The molecule has 0 spiro atoms. The summed E-state index contributed by atoms with van der Waals surface area (Å²) < 4.78 is 0.783. The standard InChI is InChI=1S/C13H17BrN2O3/c1-3-16(9(2)8-12(17)18)13(19)15-11-7-5-4-6-10(11)14/h4-7,9H,3,8H2,1-2H3,(H,15,19)(H,17,18). The van der Waals surface area contributed by atoms with E-state index in [1.165, 1.54) is 4.90 Å². The lowest BCUT2D eigenvalue weighted by molar-refractivity contribution is -0.137. The van der Waals surface area contributed by atoms with Crippen molar-refractivity contribution in [1.29, 1.82) is 0 Å². The van der Waals surface area contributed by atoms with Gasteiger partial charge in [-0.25, -0.2) is 4.79 Å². The Kier molecular flexibility index (Phi) is 5.82. The van der Waals surface area contributed by atoms with Gasteiger partial charge in [0.1, 0.15) is 0 Å². The number of carbonyl (C=O) groups is 2. The Morgan fingerprint density at radius 1 is 1.42 bits per heavy atom. The molecular weight excluding hydrogens is 312 g/mol. The quantitative estimate of drug-likeness (QED) is 0.872. The average molecular weight is 329 g/mol. The minimum absolute atomic E-state index is 0.0722. The van der Waals surface area contributed by atoms with Gasteiger partial charge in [-0.1, -0.05) is 12.1 Å². The number of rotatable bonds is 5. The molecule has 0 aromatic heterocycles. The minimum Gasteiger partial charge on any atom is -0.481 e. The number of aliphatic carboxylic acids is 1. The second-order valence-electron chi connectivity index (χ2n) is 4.14. The topological polar surface area (TPSA) is 69.6 Å². The number of hydrogen-bond acceptors (Lipinski definition) is 2. The molecule has 0 aliphatic rings. The summed E-state index contributed by atoms with van der Waals surface area (Å²) in [5.74, 6) is -0.917. The van der Waals surface area contributed by atoms with Gasteiger partial charge < -0.3 is 15.3 Å². The maximum Gasteiger partial charge on any atom is 0.322 e. The minimum atomic E-state index is -0.917. The van der Waals surface area contributed by atoms with Crippen LogP contribution >= 0.6 is 15.9 Å². The first-order valence-corrected chi connectivity index (χ1v) is 6.79. The fourth-order valence-electron chi connectivity index (χ4n) is 1.77. The number of carboxylic acid groups (broad SMARTS) is 1. The van der Waals surface area contributed by atoms with Gasteiger partial charge in [-0.05, 0) is 41.9 Å². The molecule has 0 saturated carbocycles. The largest absolute Gasteiger partial charge is 0.481 e. The van der Waals surface area contributed by atoms with Gasteiger partial charge in [0.2, 0.25) is 0 Å². The van der Waals surface area contributed by atoms with Crippen LogP contribution in [0.2, 0.25) is 0 Å². The number of carbonyl (C=O) groups excluding carboxylic acids is 1. The lowest BCUT2D eigenvalue weighted by Gasteiger charge is -2.27. The number of nitrogens with one attached hydrogen (secondary N) is 1. The SMILES string of the molecule is CCN(C(=O)Nc1ccccc1Br)C(C)CC(=O)O. The zero-order chi connectivity index (χ0) is 14.4. The summed E-state index contributed by atoms with van der Waals surface area (Å²) in [7, 11) is 0. The number of nitrogens with zero attached hydrogens (tertiary/aromatic N) is 1. The third-order valence-corrected chi connectivity index (χ3v) is 3.41. The molecule has 6 heteroatoms. The molecule has 0 radical (unpaired) electrons.